The van der Waals surface area contributed by atoms with Gasteiger partial charge in [0.25, 0.3) is 5.91 Å². The topological polar surface area (TPSA) is 79.0 Å². The van der Waals surface area contributed by atoms with E-state index in [-0.39, 0.29) is 16.8 Å². The lowest BCUT2D eigenvalue weighted by molar-refractivity contribution is 0.0909. The Bertz CT molecular complexity index is 877. The molecule has 172 valence electrons. The second-order valence-electron chi connectivity index (χ2n) is 9.08. The van der Waals surface area contributed by atoms with Gasteiger partial charge in [0.05, 0.1) is 23.7 Å². The van der Waals surface area contributed by atoms with Crippen molar-refractivity contribution in [2.45, 2.75) is 62.8 Å². The number of benzene rings is 1. The maximum atomic E-state index is 13.4. The van der Waals surface area contributed by atoms with E-state index >= 15 is 0 Å². The zero-order chi connectivity index (χ0) is 21.8. The maximum Gasteiger partial charge on any atom is 0.253 e. The molecule has 2 atom stereocenters. The van der Waals surface area contributed by atoms with Gasteiger partial charge in [-0.25, -0.2) is 8.42 Å². The van der Waals surface area contributed by atoms with Crippen molar-refractivity contribution in [3.63, 3.8) is 0 Å². The molecule has 2 saturated heterocycles. The lowest BCUT2D eigenvalue weighted by Gasteiger charge is -2.33. The van der Waals surface area contributed by atoms with E-state index in [1.165, 1.54) is 6.42 Å². The number of morpholine rings is 1. The third-order valence-electron chi connectivity index (χ3n) is 6.95. The molecule has 8 heteroatoms. The van der Waals surface area contributed by atoms with Gasteiger partial charge < -0.3 is 15.0 Å². The lowest BCUT2D eigenvalue weighted by atomic mass is 9.86. The van der Waals surface area contributed by atoms with Crippen LogP contribution in [0.15, 0.2) is 23.1 Å². The quantitative estimate of drug-likeness (QED) is 0.748. The van der Waals surface area contributed by atoms with Crippen molar-refractivity contribution in [3.05, 3.63) is 23.8 Å². The molecule has 1 amide bonds. The van der Waals surface area contributed by atoms with Crippen molar-refractivity contribution < 1.29 is 17.9 Å². The molecule has 0 spiro atoms. The van der Waals surface area contributed by atoms with Crippen LogP contribution in [-0.4, -0.2) is 64.1 Å². The fraction of sp³-hybridized carbons (Fsp3) is 0.696. The molecule has 1 aromatic rings. The Balaban J connectivity index is 1.65. The highest BCUT2D eigenvalue weighted by Gasteiger charge is 2.30. The molecule has 1 saturated carbocycles. The highest BCUT2D eigenvalue weighted by Crippen LogP contribution is 2.29. The van der Waals surface area contributed by atoms with Crippen molar-refractivity contribution in [2.24, 2.45) is 5.92 Å². The summed E-state index contributed by atoms with van der Waals surface area (Å²) in [6, 6.07) is 5.20. The Morgan fingerprint density at radius 1 is 1.00 bits per heavy atom. The molecule has 4 rings (SSSR count). The van der Waals surface area contributed by atoms with Gasteiger partial charge >= 0.3 is 0 Å². The summed E-state index contributed by atoms with van der Waals surface area (Å²) in [6.07, 6.45) is 7.26. The summed E-state index contributed by atoms with van der Waals surface area (Å²) in [5.74, 6) is 0.265. The number of anilines is 1. The molecule has 1 aliphatic carbocycles. The average Bonchev–Trinajstić information content (AvgIpc) is 2.81. The molecule has 0 aromatic heterocycles. The Labute approximate surface area is 186 Å². The van der Waals surface area contributed by atoms with Gasteiger partial charge in [0.2, 0.25) is 10.0 Å². The number of piperidine rings is 1. The summed E-state index contributed by atoms with van der Waals surface area (Å²) in [5.41, 5.74) is 1.25. The van der Waals surface area contributed by atoms with Crippen LogP contribution in [0.25, 0.3) is 0 Å². The van der Waals surface area contributed by atoms with E-state index in [0.29, 0.717) is 50.9 Å². The first-order valence-electron chi connectivity index (χ1n) is 11.7. The van der Waals surface area contributed by atoms with E-state index in [9.17, 15) is 13.2 Å². The van der Waals surface area contributed by atoms with Crippen LogP contribution in [0.2, 0.25) is 0 Å². The molecule has 0 radical (unpaired) electrons. The van der Waals surface area contributed by atoms with Crippen LogP contribution in [0.5, 0.6) is 0 Å². The minimum atomic E-state index is -3.60. The first-order chi connectivity index (χ1) is 15.0. The minimum Gasteiger partial charge on any atom is -0.378 e. The molecule has 3 aliphatic rings. The Morgan fingerprint density at radius 3 is 2.42 bits per heavy atom. The molecule has 1 aromatic carbocycles. The van der Waals surface area contributed by atoms with E-state index in [1.54, 1.807) is 22.5 Å². The number of hydrogen-bond donors (Lipinski definition) is 1. The van der Waals surface area contributed by atoms with Gasteiger partial charge in [-0.15, -0.1) is 0 Å². The van der Waals surface area contributed by atoms with Crippen LogP contribution < -0.4 is 10.2 Å². The van der Waals surface area contributed by atoms with Gasteiger partial charge in [0, 0.05) is 37.9 Å². The standard InChI is InChI=1S/C23H35N3O4S/c1-18-7-3-4-8-21(18)24-23(27)20-17-19(31(28,29)26-11-5-2-6-12-26)9-10-22(20)25-13-15-30-16-14-25/h9-10,17-18,21H,2-8,11-16H2,1H3,(H,24,27)/t18-,21-/m1/s1. The van der Waals surface area contributed by atoms with Crippen molar-refractivity contribution in [1.29, 1.82) is 0 Å². The maximum absolute atomic E-state index is 13.4. The predicted octanol–water partition coefficient (Wildman–Crippen LogP) is 3.01. The summed E-state index contributed by atoms with van der Waals surface area (Å²) in [6.45, 7) is 5.88. The zero-order valence-corrected chi connectivity index (χ0v) is 19.3. The third-order valence-corrected chi connectivity index (χ3v) is 8.84. The molecular formula is C23H35N3O4S. The van der Waals surface area contributed by atoms with Crippen molar-refractivity contribution in [2.75, 3.05) is 44.3 Å². The molecule has 7 nitrogen and oxygen atoms in total. The molecule has 2 aliphatic heterocycles. The fourth-order valence-electron chi connectivity index (χ4n) is 4.97. The summed E-state index contributed by atoms with van der Waals surface area (Å²) in [4.78, 5) is 15.7. The number of carbonyl (C=O) groups excluding carboxylic acids is 1. The highest BCUT2D eigenvalue weighted by molar-refractivity contribution is 7.89. The second kappa shape index (κ2) is 9.88. The number of nitrogens with one attached hydrogen (secondary N) is 1. The second-order valence-corrected chi connectivity index (χ2v) is 11.0. The van der Waals surface area contributed by atoms with Crippen LogP contribution in [0.1, 0.15) is 62.2 Å². The van der Waals surface area contributed by atoms with Crippen molar-refractivity contribution in [3.8, 4) is 0 Å². The third kappa shape index (κ3) is 5.07. The minimum absolute atomic E-state index is 0.140. The lowest BCUT2D eigenvalue weighted by Crippen LogP contribution is -2.43. The summed E-state index contributed by atoms with van der Waals surface area (Å²) in [7, 11) is -3.60. The molecule has 0 unspecified atom stereocenters. The van der Waals surface area contributed by atoms with Crippen LogP contribution in [-0.2, 0) is 14.8 Å². The van der Waals surface area contributed by atoms with E-state index in [0.717, 1.165) is 44.2 Å². The molecule has 1 N–H and O–H groups in total. The van der Waals surface area contributed by atoms with Crippen molar-refractivity contribution in [1.82, 2.24) is 9.62 Å². The molecule has 31 heavy (non-hydrogen) atoms. The van der Waals surface area contributed by atoms with Crippen LogP contribution in [0, 0.1) is 5.92 Å². The van der Waals surface area contributed by atoms with Gasteiger partial charge in [-0.1, -0.05) is 26.2 Å². The highest BCUT2D eigenvalue weighted by atomic mass is 32.2. The zero-order valence-electron chi connectivity index (χ0n) is 18.5. The Morgan fingerprint density at radius 2 is 1.71 bits per heavy atom. The molecular weight excluding hydrogens is 414 g/mol. The molecule has 0 bridgehead atoms. The van der Waals surface area contributed by atoms with Gasteiger partial charge in [-0.3, -0.25) is 4.79 Å². The van der Waals surface area contributed by atoms with Gasteiger partial charge in [-0.2, -0.15) is 4.31 Å². The van der Waals surface area contributed by atoms with Crippen molar-refractivity contribution >= 4 is 21.6 Å². The number of sulfonamides is 1. The van der Waals surface area contributed by atoms with Crippen LogP contribution in [0.4, 0.5) is 5.69 Å². The smallest absolute Gasteiger partial charge is 0.253 e. The van der Waals surface area contributed by atoms with Crippen LogP contribution in [0.3, 0.4) is 0 Å². The monoisotopic (exact) mass is 449 g/mol. The number of hydrogen-bond acceptors (Lipinski definition) is 5. The van der Waals surface area contributed by atoms with E-state index < -0.39 is 10.0 Å². The van der Waals surface area contributed by atoms with Gasteiger partial charge in [-0.05, 0) is 49.8 Å². The number of carbonyl (C=O) groups is 1. The summed E-state index contributed by atoms with van der Waals surface area (Å²) < 4.78 is 33.5. The number of rotatable bonds is 5. The molecule has 3 fully saturated rings. The number of ether oxygens (including phenoxy) is 1. The first kappa shape index (κ1) is 22.6. The first-order valence-corrected chi connectivity index (χ1v) is 13.2. The van der Waals surface area contributed by atoms with E-state index in [1.807, 2.05) is 0 Å². The van der Waals surface area contributed by atoms with Crippen LogP contribution >= 0.6 is 0 Å². The van der Waals surface area contributed by atoms with Gasteiger partial charge in [0.1, 0.15) is 0 Å². The predicted molar refractivity (Wildman–Crippen MR) is 121 cm³/mol. The fourth-order valence-corrected chi connectivity index (χ4v) is 6.51. The summed E-state index contributed by atoms with van der Waals surface area (Å²) >= 11 is 0. The normalized spacial score (nSPS) is 25.9. The number of nitrogens with zero attached hydrogens (tertiary/aromatic N) is 2. The molecule has 2 heterocycles. The Kier molecular flexibility index (Phi) is 7.19. The SMILES string of the molecule is C[C@@H]1CCCC[C@H]1NC(=O)c1cc(S(=O)(=O)N2CCCCC2)ccc1N1CCOCC1. The largest absolute Gasteiger partial charge is 0.378 e. The Hall–Kier alpha value is -1.64. The van der Waals surface area contributed by atoms with E-state index in [2.05, 4.69) is 17.1 Å². The summed E-state index contributed by atoms with van der Waals surface area (Å²) in [5, 5.41) is 3.22. The number of amides is 1. The van der Waals surface area contributed by atoms with Gasteiger partial charge in [0.15, 0.2) is 0 Å². The average molecular weight is 450 g/mol. The van der Waals surface area contributed by atoms with E-state index in [4.69, 9.17) is 4.74 Å².